The molecule has 0 bridgehead atoms. The second-order valence-electron chi connectivity index (χ2n) is 5.44. The molecule has 1 aromatic rings. The number of piperidine rings is 1. The van der Waals surface area contributed by atoms with Crippen molar-refractivity contribution in [2.24, 2.45) is 0 Å². The van der Waals surface area contributed by atoms with Crippen molar-refractivity contribution in [3.05, 3.63) is 35.6 Å². The van der Waals surface area contributed by atoms with Crippen LogP contribution in [0.5, 0.6) is 0 Å². The van der Waals surface area contributed by atoms with Crippen LogP contribution in [-0.4, -0.2) is 35.8 Å². The maximum atomic E-state index is 13.4. The van der Waals surface area contributed by atoms with E-state index >= 15 is 0 Å². The molecule has 1 heterocycles. The quantitative estimate of drug-likeness (QED) is 0.921. The number of nitrogens with one attached hydrogen (secondary N) is 1. The van der Waals surface area contributed by atoms with Crippen LogP contribution in [0.25, 0.3) is 0 Å². The molecule has 0 saturated carbocycles. The van der Waals surface area contributed by atoms with Gasteiger partial charge in [0.05, 0.1) is 0 Å². The molecule has 2 amide bonds. The van der Waals surface area contributed by atoms with Crippen molar-refractivity contribution in [1.82, 2.24) is 10.2 Å². The molecule has 21 heavy (non-hydrogen) atoms. The van der Waals surface area contributed by atoms with Crippen molar-refractivity contribution in [2.45, 2.75) is 38.6 Å². The highest BCUT2D eigenvalue weighted by Crippen LogP contribution is 2.12. The number of benzene rings is 1. The maximum Gasteiger partial charge on any atom is 0.220 e. The molecular weight excluding hydrogens is 271 g/mol. The van der Waals surface area contributed by atoms with Crippen LogP contribution in [0.2, 0.25) is 0 Å². The molecule has 4 nitrogen and oxygen atoms in total. The fraction of sp³-hybridized carbons (Fsp3) is 0.500. The van der Waals surface area contributed by atoms with Crippen LogP contribution in [0.1, 0.15) is 31.7 Å². The summed E-state index contributed by atoms with van der Waals surface area (Å²) >= 11 is 0. The molecule has 1 saturated heterocycles. The van der Waals surface area contributed by atoms with E-state index in [0.29, 0.717) is 25.1 Å². The summed E-state index contributed by atoms with van der Waals surface area (Å²) in [5.41, 5.74) is 0.569. The smallest absolute Gasteiger partial charge is 0.220 e. The summed E-state index contributed by atoms with van der Waals surface area (Å²) < 4.78 is 13.4. The maximum absolute atomic E-state index is 13.4. The molecule has 0 aliphatic carbocycles. The topological polar surface area (TPSA) is 49.4 Å². The molecule has 0 spiro atoms. The zero-order valence-corrected chi connectivity index (χ0v) is 12.3. The van der Waals surface area contributed by atoms with Crippen molar-refractivity contribution in [3.63, 3.8) is 0 Å². The average molecular weight is 292 g/mol. The van der Waals surface area contributed by atoms with Gasteiger partial charge in [0.15, 0.2) is 0 Å². The Labute approximate surface area is 124 Å². The van der Waals surface area contributed by atoms with Gasteiger partial charge in [-0.05, 0) is 30.9 Å². The lowest BCUT2D eigenvalue weighted by Crippen LogP contribution is -2.46. The van der Waals surface area contributed by atoms with E-state index in [-0.39, 0.29) is 30.1 Å². The minimum absolute atomic E-state index is 0.0560. The Morgan fingerprint density at radius 3 is 2.57 bits per heavy atom. The Bertz CT molecular complexity index is 511. The fourth-order valence-corrected chi connectivity index (χ4v) is 2.59. The number of amides is 2. The third kappa shape index (κ3) is 4.55. The first-order valence-corrected chi connectivity index (χ1v) is 7.34. The Hall–Kier alpha value is -1.91. The van der Waals surface area contributed by atoms with Crippen molar-refractivity contribution in [1.29, 1.82) is 0 Å². The lowest BCUT2D eigenvalue weighted by molar-refractivity contribution is -0.130. The molecule has 2 rings (SSSR count). The number of likely N-dealkylation sites (tertiary alicyclic amines) is 1. The Morgan fingerprint density at radius 1 is 1.29 bits per heavy atom. The number of halogens is 1. The first kappa shape index (κ1) is 15.5. The zero-order chi connectivity index (χ0) is 15.2. The molecule has 0 atom stereocenters. The predicted molar refractivity (Wildman–Crippen MR) is 78.1 cm³/mol. The highest BCUT2D eigenvalue weighted by Gasteiger charge is 2.21. The van der Waals surface area contributed by atoms with E-state index < -0.39 is 0 Å². The summed E-state index contributed by atoms with van der Waals surface area (Å²) in [5, 5.41) is 2.97. The first-order chi connectivity index (χ1) is 10.1. The summed E-state index contributed by atoms with van der Waals surface area (Å²) in [6, 6.07) is 6.64. The number of hydrogen-bond donors (Lipinski definition) is 1. The van der Waals surface area contributed by atoms with Gasteiger partial charge in [0.1, 0.15) is 5.82 Å². The van der Waals surface area contributed by atoms with Crippen molar-refractivity contribution in [3.8, 4) is 0 Å². The van der Waals surface area contributed by atoms with Crippen LogP contribution in [0.3, 0.4) is 0 Å². The molecule has 0 unspecified atom stereocenters. The van der Waals surface area contributed by atoms with E-state index in [2.05, 4.69) is 5.32 Å². The Balaban J connectivity index is 1.73. The molecule has 1 fully saturated rings. The standard InChI is InChI=1S/C16H21FN2O2/c1-12(20)19-10-8-14(9-11-19)18-16(21)7-6-13-4-2-3-5-15(13)17/h2-5,14H,6-11H2,1H3,(H,18,21). The highest BCUT2D eigenvalue weighted by molar-refractivity contribution is 5.76. The summed E-state index contributed by atoms with van der Waals surface area (Å²) in [7, 11) is 0. The second-order valence-corrected chi connectivity index (χ2v) is 5.44. The van der Waals surface area contributed by atoms with Crippen molar-refractivity contribution in [2.75, 3.05) is 13.1 Å². The lowest BCUT2D eigenvalue weighted by Gasteiger charge is -2.31. The predicted octanol–water partition coefficient (Wildman–Crippen LogP) is 1.89. The van der Waals surface area contributed by atoms with Gasteiger partial charge in [0.25, 0.3) is 0 Å². The van der Waals surface area contributed by atoms with Crippen molar-refractivity contribution < 1.29 is 14.0 Å². The van der Waals surface area contributed by atoms with Gasteiger partial charge in [0, 0.05) is 32.5 Å². The van der Waals surface area contributed by atoms with Gasteiger partial charge < -0.3 is 10.2 Å². The highest BCUT2D eigenvalue weighted by atomic mass is 19.1. The van der Waals surface area contributed by atoms with Gasteiger partial charge in [-0.25, -0.2) is 4.39 Å². The van der Waals surface area contributed by atoms with Crippen LogP contribution in [0.15, 0.2) is 24.3 Å². The third-order valence-electron chi connectivity index (χ3n) is 3.88. The average Bonchev–Trinajstić information content (AvgIpc) is 2.47. The van der Waals surface area contributed by atoms with Crippen molar-refractivity contribution >= 4 is 11.8 Å². The molecule has 0 radical (unpaired) electrons. The molecule has 1 aliphatic heterocycles. The molecular formula is C16H21FN2O2. The van der Waals surface area contributed by atoms with E-state index in [9.17, 15) is 14.0 Å². The van der Waals surface area contributed by atoms with Crippen LogP contribution in [0, 0.1) is 5.82 Å². The lowest BCUT2D eigenvalue weighted by atomic mass is 10.0. The number of carbonyl (C=O) groups excluding carboxylic acids is 2. The molecule has 114 valence electrons. The fourth-order valence-electron chi connectivity index (χ4n) is 2.59. The third-order valence-corrected chi connectivity index (χ3v) is 3.88. The van der Waals surface area contributed by atoms with Gasteiger partial charge in [-0.1, -0.05) is 18.2 Å². The zero-order valence-electron chi connectivity index (χ0n) is 12.3. The molecule has 5 heteroatoms. The molecule has 1 aromatic carbocycles. The molecule has 1 aliphatic rings. The number of rotatable bonds is 4. The van der Waals surface area contributed by atoms with Gasteiger partial charge >= 0.3 is 0 Å². The van der Waals surface area contributed by atoms with E-state index in [0.717, 1.165) is 12.8 Å². The van der Waals surface area contributed by atoms with Gasteiger partial charge in [-0.2, -0.15) is 0 Å². The van der Waals surface area contributed by atoms with Crippen LogP contribution in [0.4, 0.5) is 4.39 Å². The monoisotopic (exact) mass is 292 g/mol. The van der Waals surface area contributed by atoms with Crippen LogP contribution >= 0.6 is 0 Å². The number of aryl methyl sites for hydroxylation is 1. The minimum Gasteiger partial charge on any atom is -0.353 e. The van der Waals surface area contributed by atoms with Gasteiger partial charge in [-0.3, -0.25) is 9.59 Å². The van der Waals surface area contributed by atoms with E-state index in [1.54, 1.807) is 30.0 Å². The SMILES string of the molecule is CC(=O)N1CCC(NC(=O)CCc2ccccc2F)CC1. The Morgan fingerprint density at radius 2 is 1.95 bits per heavy atom. The number of nitrogens with zero attached hydrogens (tertiary/aromatic N) is 1. The number of carbonyl (C=O) groups is 2. The first-order valence-electron chi connectivity index (χ1n) is 7.34. The van der Waals surface area contributed by atoms with Gasteiger partial charge in [-0.15, -0.1) is 0 Å². The normalized spacial score (nSPS) is 15.8. The summed E-state index contributed by atoms with van der Waals surface area (Å²) in [6.45, 7) is 2.94. The van der Waals surface area contributed by atoms with E-state index in [4.69, 9.17) is 0 Å². The summed E-state index contributed by atoms with van der Waals surface area (Å²) in [5.74, 6) is -0.237. The minimum atomic E-state index is -0.264. The van der Waals surface area contributed by atoms with E-state index in [1.165, 1.54) is 6.07 Å². The van der Waals surface area contributed by atoms with Gasteiger partial charge in [0.2, 0.25) is 11.8 Å². The molecule has 0 aromatic heterocycles. The summed E-state index contributed by atoms with van der Waals surface area (Å²) in [6.07, 6.45) is 2.26. The largest absolute Gasteiger partial charge is 0.353 e. The van der Waals surface area contributed by atoms with Crippen LogP contribution in [-0.2, 0) is 16.0 Å². The van der Waals surface area contributed by atoms with E-state index in [1.807, 2.05) is 0 Å². The second kappa shape index (κ2) is 7.20. The Kier molecular flexibility index (Phi) is 5.31. The molecule has 1 N–H and O–H groups in total. The summed E-state index contributed by atoms with van der Waals surface area (Å²) in [4.78, 5) is 24.9. The van der Waals surface area contributed by atoms with Crippen LogP contribution < -0.4 is 5.32 Å². The number of hydrogen-bond acceptors (Lipinski definition) is 2.